The third-order valence-electron chi connectivity index (χ3n) is 3.39. The van der Waals surface area contributed by atoms with Crippen molar-refractivity contribution < 1.29 is 0 Å². The topological polar surface area (TPSA) is 37.8 Å². The highest BCUT2D eigenvalue weighted by Crippen LogP contribution is 2.31. The zero-order chi connectivity index (χ0) is 13.5. The average molecular weight is 279 g/mol. The fourth-order valence-electron chi connectivity index (χ4n) is 2.33. The Balaban J connectivity index is 1.77. The second kappa shape index (κ2) is 7.85. The van der Waals surface area contributed by atoms with Gasteiger partial charge in [-0.3, -0.25) is 0 Å². The molecule has 0 amide bonds. The van der Waals surface area contributed by atoms with Crippen LogP contribution in [0.5, 0.6) is 0 Å². The van der Waals surface area contributed by atoms with Gasteiger partial charge in [0.1, 0.15) is 0 Å². The number of hydrogen-bond donors (Lipinski definition) is 1. The molecule has 1 fully saturated rings. The van der Waals surface area contributed by atoms with Gasteiger partial charge < -0.3 is 5.32 Å². The monoisotopic (exact) mass is 279 g/mol. The minimum atomic E-state index is 0.682. The Morgan fingerprint density at radius 3 is 2.53 bits per heavy atom. The van der Waals surface area contributed by atoms with Gasteiger partial charge in [0.05, 0.1) is 0 Å². The summed E-state index contributed by atoms with van der Waals surface area (Å²) in [6, 6.07) is 0. The molecule has 0 radical (unpaired) electrons. The number of hydrogen-bond acceptors (Lipinski definition) is 4. The zero-order valence-corrected chi connectivity index (χ0v) is 12.9. The van der Waals surface area contributed by atoms with Gasteiger partial charge in [-0.05, 0) is 25.3 Å². The van der Waals surface area contributed by atoms with Crippen molar-refractivity contribution in [2.45, 2.75) is 62.9 Å². The minimum absolute atomic E-state index is 0.682. The van der Waals surface area contributed by atoms with E-state index in [1.54, 1.807) is 0 Å². The number of nitrogens with one attached hydrogen (secondary N) is 1. The van der Waals surface area contributed by atoms with Crippen LogP contribution in [0, 0.1) is 5.92 Å². The largest absolute Gasteiger partial charge is 0.312 e. The van der Waals surface area contributed by atoms with Crippen LogP contribution < -0.4 is 5.32 Å². The van der Waals surface area contributed by atoms with Crippen molar-refractivity contribution in [2.24, 2.45) is 5.92 Å². The van der Waals surface area contributed by atoms with Gasteiger partial charge in [0.15, 0.2) is 5.16 Å². The Labute approximate surface area is 121 Å². The summed E-state index contributed by atoms with van der Waals surface area (Å²) in [5.74, 6) is 0.682. The molecule has 0 spiro atoms. The molecular weight excluding hydrogens is 254 g/mol. The summed E-state index contributed by atoms with van der Waals surface area (Å²) in [6.07, 6.45) is 10.7. The number of nitrogens with zero attached hydrogens (tertiary/aromatic N) is 2. The zero-order valence-electron chi connectivity index (χ0n) is 12.1. The molecule has 1 aliphatic rings. The molecule has 0 bridgehead atoms. The highest BCUT2D eigenvalue weighted by Gasteiger charge is 2.15. The van der Waals surface area contributed by atoms with Crippen LogP contribution in [0.2, 0.25) is 0 Å². The Kier molecular flexibility index (Phi) is 6.11. The third kappa shape index (κ3) is 5.49. The van der Waals surface area contributed by atoms with Gasteiger partial charge in [-0.15, -0.1) is 0 Å². The predicted molar refractivity (Wildman–Crippen MR) is 81.3 cm³/mol. The first-order chi connectivity index (χ1) is 9.24. The first kappa shape index (κ1) is 14.8. The van der Waals surface area contributed by atoms with Gasteiger partial charge in [0.2, 0.25) is 0 Å². The lowest BCUT2D eigenvalue weighted by Gasteiger charge is -2.19. The normalized spacial score (nSPS) is 17.0. The molecule has 1 N–H and O–H groups in total. The van der Waals surface area contributed by atoms with Gasteiger partial charge in [-0.1, -0.05) is 44.9 Å². The standard InChI is InChI=1S/C15H25N3S/c1-12(2)8-16-9-13-10-17-15(18-11-13)19-14-6-4-3-5-7-14/h10-12,14,16H,3-9H2,1-2H3. The Bertz CT molecular complexity index is 358. The highest BCUT2D eigenvalue weighted by atomic mass is 32.2. The van der Waals surface area contributed by atoms with Crippen molar-refractivity contribution in [2.75, 3.05) is 6.54 Å². The molecule has 1 saturated carbocycles. The molecule has 1 aromatic heterocycles. The molecule has 1 aliphatic carbocycles. The molecule has 0 saturated heterocycles. The first-order valence-corrected chi connectivity index (χ1v) is 8.30. The summed E-state index contributed by atoms with van der Waals surface area (Å²) in [5.41, 5.74) is 1.17. The van der Waals surface area contributed by atoms with Crippen LogP contribution in [0.3, 0.4) is 0 Å². The molecule has 3 nitrogen and oxygen atoms in total. The first-order valence-electron chi connectivity index (χ1n) is 7.42. The Hall–Kier alpha value is -0.610. The van der Waals surface area contributed by atoms with Crippen LogP contribution in [-0.4, -0.2) is 21.8 Å². The maximum absolute atomic E-state index is 4.48. The van der Waals surface area contributed by atoms with Crippen LogP contribution in [-0.2, 0) is 6.54 Å². The van der Waals surface area contributed by atoms with E-state index in [0.29, 0.717) is 5.92 Å². The van der Waals surface area contributed by atoms with E-state index in [-0.39, 0.29) is 0 Å². The maximum atomic E-state index is 4.48. The maximum Gasteiger partial charge on any atom is 0.187 e. The van der Waals surface area contributed by atoms with Gasteiger partial charge in [0, 0.05) is 29.8 Å². The molecule has 1 aromatic rings. The van der Waals surface area contributed by atoms with E-state index in [1.807, 2.05) is 24.2 Å². The molecule has 0 atom stereocenters. The Morgan fingerprint density at radius 2 is 1.89 bits per heavy atom. The molecule has 0 aliphatic heterocycles. The quantitative estimate of drug-likeness (QED) is 0.807. The summed E-state index contributed by atoms with van der Waals surface area (Å²) in [5, 5.41) is 5.09. The summed E-state index contributed by atoms with van der Waals surface area (Å²) in [6.45, 7) is 6.34. The van der Waals surface area contributed by atoms with Gasteiger partial charge in [-0.2, -0.15) is 0 Å². The highest BCUT2D eigenvalue weighted by molar-refractivity contribution is 7.99. The van der Waals surface area contributed by atoms with Crippen LogP contribution in [0.4, 0.5) is 0 Å². The molecule has 106 valence electrons. The summed E-state index contributed by atoms with van der Waals surface area (Å²) < 4.78 is 0. The van der Waals surface area contributed by atoms with Gasteiger partial charge >= 0.3 is 0 Å². The van der Waals surface area contributed by atoms with E-state index in [0.717, 1.165) is 23.5 Å². The molecule has 19 heavy (non-hydrogen) atoms. The number of thioether (sulfide) groups is 1. The van der Waals surface area contributed by atoms with Crippen molar-refractivity contribution in [3.8, 4) is 0 Å². The van der Waals surface area contributed by atoms with E-state index in [9.17, 15) is 0 Å². The second-order valence-electron chi connectivity index (χ2n) is 5.78. The van der Waals surface area contributed by atoms with Crippen LogP contribution in [0.15, 0.2) is 17.6 Å². The van der Waals surface area contributed by atoms with Crippen molar-refractivity contribution in [3.63, 3.8) is 0 Å². The lowest BCUT2D eigenvalue weighted by atomic mass is 10.0. The lowest BCUT2D eigenvalue weighted by Crippen LogP contribution is -2.19. The van der Waals surface area contributed by atoms with Crippen molar-refractivity contribution >= 4 is 11.8 Å². The number of aromatic nitrogens is 2. The van der Waals surface area contributed by atoms with Crippen molar-refractivity contribution in [1.29, 1.82) is 0 Å². The second-order valence-corrected chi connectivity index (χ2v) is 7.04. The van der Waals surface area contributed by atoms with E-state index in [4.69, 9.17) is 0 Å². The van der Waals surface area contributed by atoms with Crippen molar-refractivity contribution in [1.82, 2.24) is 15.3 Å². The molecule has 0 unspecified atom stereocenters. The minimum Gasteiger partial charge on any atom is -0.312 e. The summed E-state index contributed by atoms with van der Waals surface area (Å²) in [4.78, 5) is 8.96. The smallest absolute Gasteiger partial charge is 0.187 e. The van der Waals surface area contributed by atoms with Gasteiger partial charge in [0.25, 0.3) is 0 Å². The van der Waals surface area contributed by atoms with E-state index >= 15 is 0 Å². The molecular formula is C15H25N3S. The van der Waals surface area contributed by atoms with Crippen LogP contribution in [0.1, 0.15) is 51.5 Å². The lowest BCUT2D eigenvalue weighted by molar-refractivity contribution is 0.515. The summed E-state index contributed by atoms with van der Waals surface area (Å²) in [7, 11) is 0. The van der Waals surface area contributed by atoms with Crippen molar-refractivity contribution in [3.05, 3.63) is 18.0 Å². The molecule has 4 heteroatoms. The average Bonchev–Trinajstić information content (AvgIpc) is 2.42. The third-order valence-corrected chi connectivity index (χ3v) is 4.61. The van der Waals surface area contributed by atoms with E-state index in [2.05, 4.69) is 29.1 Å². The van der Waals surface area contributed by atoms with E-state index < -0.39 is 0 Å². The van der Waals surface area contributed by atoms with Gasteiger partial charge in [-0.25, -0.2) is 9.97 Å². The van der Waals surface area contributed by atoms with Crippen LogP contribution >= 0.6 is 11.8 Å². The fraction of sp³-hybridized carbons (Fsp3) is 0.733. The fourth-order valence-corrected chi connectivity index (χ4v) is 3.43. The molecule has 1 heterocycles. The molecule has 2 rings (SSSR count). The van der Waals surface area contributed by atoms with E-state index in [1.165, 1.54) is 37.7 Å². The SMILES string of the molecule is CC(C)CNCc1cnc(SC2CCCCC2)nc1. The summed E-state index contributed by atoms with van der Waals surface area (Å²) >= 11 is 1.86. The molecule has 0 aromatic carbocycles. The predicted octanol–water partition coefficient (Wildman–Crippen LogP) is 3.65. The van der Waals surface area contributed by atoms with Crippen LogP contribution in [0.25, 0.3) is 0 Å². The number of rotatable bonds is 6. The Morgan fingerprint density at radius 1 is 1.21 bits per heavy atom.